The highest BCUT2D eigenvalue weighted by molar-refractivity contribution is 5.75. The van der Waals surface area contributed by atoms with Gasteiger partial charge in [-0.15, -0.1) is 0 Å². The lowest BCUT2D eigenvalue weighted by atomic mass is 10.3. The Morgan fingerprint density at radius 3 is 3.00 bits per heavy atom. The van der Waals surface area contributed by atoms with Gasteiger partial charge in [0.2, 0.25) is 5.88 Å². The highest BCUT2D eigenvalue weighted by atomic mass is 16.5. The van der Waals surface area contributed by atoms with Crippen LogP contribution in [0.5, 0.6) is 11.6 Å². The maximum atomic E-state index is 5.67. The molecule has 84 valence electrons. The molecule has 3 N–H and O–H groups in total. The van der Waals surface area contributed by atoms with Crippen LogP contribution >= 0.6 is 0 Å². The number of nitrogens with two attached hydrogens (primary N) is 1. The summed E-state index contributed by atoms with van der Waals surface area (Å²) in [5.41, 5.74) is 7.54. The van der Waals surface area contributed by atoms with Gasteiger partial charge < -0.3 is 15.5 Å². The highest BCUT2D eigenvalue weighted by Crippen LogP contribution is 2.25. The second-order valence-corrected chi connectivity index (χ2v) is 3.45. The van der Waals surface area contributed by atoms with Gasteiger partial charge in [0.25, 0.3) is 0 Å². The summed E-state index contributed by atoms with van der Waals surface area (Å²) in [5.74, 6) is 1.05. The summed E-state index contributed by atoms with van der Waals surface area (Å²) in [4.78, 5) is 15.0. The van der Waals surface area contributed by atoms with Crippen LogP contribution in [0.4, 0.5) is 5.69 Å². The molecule has 2 heterocycles. The Balaban J connectivity index is 2.02. The molecular formula is C11H9N5O. The predicted molar refractivity (Wildman–Crippen MR) is 62.6 cm³/mol. The molecule has 0 unspecified atom stereocenters. The minimum Gasteiger partial charge on any atom is -0.437 e. The Bertz CT molecular complexity index is 664. The van der Waals surface area contributed by atoms with Crippen LogP contribution in [0.2, 0.25) is 0 Å². The summed E-state index contributed by atoms with van der Waals surface area (Å²) in [5, 5.41) is 0. The molecule has 2 aromatic heterocycles. The van der Waals surface area contributed by atoms with Crippen LogP contribution in [0, 0.1) is 0 Å². The molecule has 0 radical (unpaired) electrons. The number of hydrogen-bond acceptors (Lipinski definition) is 5. The number of benzene rings is 1. The lowest BCUT2D eigenvalue weighted by Gasteiger charge is -2.05. The first-order valence-electron chi connectivity index (χ1n) is 5.00. The van der Waals surface area contributed by atoms with Gasteiger partial charge in [-0.2, -0.15) is 4.98 Å². The molecule has 0 aliphatic carbocycles. The van der Waals surface area contributed by atoms with E-state index in [1.807, 2.05) is 6.07 Å². The monoisotopic (exact) mass is 227 g/mol. The standard InChI is InChI=1S/C11H9N5O/c12-7-2-1-3-8(4-7)17-11-9-10(14-5-13-9)15-6-16-11/h1-6H,12H2,(H,13,14,15,16). The molecule has 6 heteroatoms. The third-order valence-electron chi connectivity index (χ3n) is 2.26. The van der Waals surface area contributed by atoms with Gasteiger partial charge in [0, 0.05) is 11.8 Å². The summed E-state index contributed by atoms with van der Waals surface area (Å²) < 4.78 is 5.63. The van der Waals surface area contributed by atoms with E-state index in [4.69, 9.17) is 10.5 Å². The van der Waals surface area contributed by atoms with Gasteiger partial charge in [-0.3, -0.25) is 0 Å². The van der Waals surface area contributed by atoms with Crippen molar-refractivity contribution in [3.63, 3.8) is 0 Å². The van der Waals surface area contributed by atoms with Crippen molar-refractivity contribution in [1.82, 2.24) is 19.9 Å². The van der Waals surface area contributed by atoms with Gasteiger partial charge in [-0.05, 0) is 12.1 Å². The molecule has 0 saturated heterocycles. The van der Waals surface area contributed by atoms with Crippen molar-refractivity contribution < 1.29 is 4.74 Å². The zero-order valence-electron chi connectivity index (χ0n) is 8.79. The van der Waals surface area contributed by atoms with Crippen LogP contribution in [0.3, 0.4) is 0 Å². The lowest BCUT2D eigenvalue weighted by molar-refractivity contribution is 0.467. The Labute approximate surface area is 96.5 Å². The number of fused-ring (bicyclic) bond motifs is 1. The van der Waals surface area contributed by atoms with Crippen LogP contribution in [-0.4, -0.2) is 19.9 Å². The van der Waals surface area contributed by atoms with E-state index < -0.39 is 0 Å². The molecule has 3 aromatic rings. The van der Waals surface area contributed by atoms with E-state index in [0.717, 1.165) is 0 Å². The SMILES string of the molecule is Nc1cccc(Oc2ncnc3nc[nH]c23)c1. The second-order valence-electron chi connectivity index (χ2n) is 3.45. The minimum atomic E-state index is 0.429. The van der Waals surface area contributed by atoms with E-state index in [-0.39, 0.29) is 0 Å². The van der Waals surface area contributed by atoms with E-state index in [1.165, 1.54) is 6.33 Å². The third kappa shape index (κ3) is 1.76. The van der Waals surface area contributed by atoms with E-state index >= 15 is 0 Å². The number of ether oxygens (including phenoxy) is 1. The fourth-order valence-corrected chi connectivity index (χ4v) is 1.51. The fourth-order valence-electron chi connectivity index (χ4n) is 1.51. The highest BCUT2D eigenvalue weighted by Gasteiger charge is 2.07. The summed E-state index contributed by atoms with van der Waals surface area (Å²) in [6.45, 7) is 0. The molecule has 17 heavy (non-hydrogen) atoms. The molecule has 0 aliphatic heterocycles. The fraction of sp³-hybridized carbons (Fsp3) is 0. The maximum Gasteiger partial charge on any atom is 0.248 e. The zero-order chi connectivity index (χ0) is 11.7. The number of imidazole rings is 1. The van der Waals surface area contributed by atoms with Crippen LogP contribution < -0.4 is 10.5 Å². The number of aromatic amines is 1. The predicted octanol–water partition coefficient (Wildman–Crippen LogP) is 1.73. The summed E-state index contributed by atoms with van der Waals surface area (Å²) in [6.07, 6.45) is 2.95. The smallest absolute Gasteiger partial charge is 0.248 e. The van der Waals surface area contributed by atoms with E-state index in [0.29, 0.717) is 28.5 Å². The van der Waals surface area contributed by atoms with Crippen molar-refractivity contribution in [1.29, 1.82) is 0 Å². The van der Waals surface area contributed by atoms with Crippen molar-refractivity contribution in [2.45, 2.75) is 0 Å². The van der Waals surface area contributed by atoms with Crippen molar-refractivity contribution in [3.8, 4) is 11.6 Å². The Morgan fingerprint density at radius 1 is 1.18 bits per heavy atom. The zero-order valence-corrected chi connectivity index (χ0v) is 8.79. The first-order valence-corrected chi connectivity index (χ1v) is 5.00. The number of nitrogens with one attached hydrogen (secondary N) is 1. The quantitative estimate of drug-likeness (QED) is 0.650. The minimum absolute atomic E-state index is 0.429. The molecule has 1 aromatic carbocycles. The number of nitrogens with zero attached hydrogens (tertiary/aromatic N) is 3. The molecule has 0 spiro atoms. The van der Waals surface area contributed by atoms with Crippen molar-refractivity contribution in [2.24, 2.45) is 0 Å². The van der Waals surface area contributed by atoms with Crippen LogP contribution in [0.25, 0.3) is 11.2 Å². The molecule has 0 saturated carbocycles. The maximum absolute atomic E-state index is 5.67. The van der Waals surface area contributed by atoms with E-state index in [9.17, 15) is 0 Å². The largest absolute Gasteiger partial charge is 0.437 e. The van der Waals surface area contributed by atoms with Crippen molar-refractivity contribution in [2.75, 3.05) is 5.73 Å². The molecule has 3 rings (SSSR count). The first-order chi connectivity index (χ1) is 8.33. The van der Waals surface area contributed by atoms with Gasteiger partial charge in [0.15, 0.2) is 5.65 Å². The second kappa shape index (κ2) is 3.75. The third-order valence-corrected chi connectivity index (χ3v) is 2.26. The molecule has 0 aliphatic rings. The molecule has 0 bridgehead atoms. The molecule has 0 atom stereocenters. The number of nitrogen functional groups attached to an aromatic ring is 1. The van der Waals surface area contributed by atoms with Gasteiger partial charge in [0.05, 0.1) is 6.33 Å². The number of hydrogen-bond donors (Lipinski definition) is 2. The Hall–Kier alpha value is -2.63. The van der Waals surface area contributed by atoms with Gasteiger partial charge >= 0.3 is 0 Å². The van der Waals surface area contributed by atoms with E-state index in [2.05, 4.69) is 19.9 Å². The Kier molecular flexibility index (Phi) is 2.11. The van der Waals surface area contributed by atoms with Crippen LogP contribution in [-0.2, 0) is 0 Å². The molecule has 0 amide bonds. The van der Waals surface area contributed by atoms with Gasteiger partial charge in [-0.1, -0.05) is 6.07 Å². The normalized spacial score (nSPS) is 10.6. The number of H-pyrrole nitrogens is 1. The van der Waals surface area contributed by atoms with E-state index in [1.54, 1.807) is 24.5 Å². The molecule has 0 fully saturated rings. The van der Waals surface area contributed by atoms with Gasteiger partial charge in [-0.25, -0.2) is 9.97 Å². The van der Waals surface area contributed by atoms with Gasteiger partial charge in [0.1, 0.15) is 17.6 Å². The topological polar surface area (TPSA) is 89.7 Å². The number of anilines is 1. The molecular weight excluding hydrogens is 218 g/mol. The summed E-state index contributed by atoms with van der Waals surface area (Å²) in [7, 11) is 0. The lowest BCUT2D eigenvalue weighted by Crippen LogP contribution is -1.92. The first kappa shape index (κ1) is 9.59. The van der Waals surface area contributed by atoms with Crippen molar-refractivity contribution >= 4 is 16.9 Å². The summed E-state index contributed by atoms with van der Waals surface area (Å²) >= 11 is 0. The Morgan fingerprint density at radius 2 is 2.12 bits per heavy atom. The van der Waals surface area contributed by atoms with Crippen LogP contribution in [0.1, 0.15) is 0 Å². The number of aromatic nitrogens is 4. The average Bonchev–Trinajstić information content (AvgIpc) is 2.78. The number of rotatable bonds is 2. The molecule has 6 nitrogen and oxygen atoms in total. The average molecular weight is 227 g/mol. The van der Waals surface area contributed by atoms with Crippen LogP contribution in [0.15, 0.2) is 36.9 Å². The van der Waals surface area contributed by atoms with Crippen molar-refractivity contribution in [3.05, 3.63) is 36.9 Å². The summed E-state index contributed by atoms with van der Waals surface area (Å²) in [6, 6.07) is 7.14.